The van der Waals surface area contributed by atoms with Gasteiger partial charge in [-0.05, 0) is 38.1 Å². The van der Waals surface area contributed by atoms with Crippen LogP contribution in [0.5, 0.6) is 0 Å². The second-order valence-corrected chi connectivity index (χ2v) is 7.55. The van der Waals surface area contributed by atoms with Gasteiger partial charge < -0.3 is 5.73 Å². The lowest BCUT2D eigenvalue weighted by Gasteiger charge is -1.97. The molecule has 1 amide bonds. The standard InChI is InChI=1S/C21H18N6O2S/c1-12-3-5-14(6-4-12)17-11-30-21(23-17)27-20(29)18(13(2)26-27)25-24-16-9-7-15(8-10-16)19(22)28/h3-11,26H,1-2H3,(H2,22,28). The summed E-state index contributed by atoms with van der Waals surface area (Å²) in [6.07, 6.45) is 0. The van der Waals surface area contributed by atoms with E-state index < -0.39 is 5.91 Å². The van der Waals surface area contributed by atoms with Crippen LogP contribution in [-0.2, 0) is 0 Å². The number of hydrogen-bond acceptors (Lipinski definition) is 6. The minimum atomic E-state index is -0.517. The van der Waals surface area contributed by atoms with Gasteiger partial charge in [0.15, 0.2) is 5.69 Å². The van der Waals surface area contributed by atoms with Gasteiger partial charge in [0.2, 0.25) is 11.0 Å². The Bertz CT molecular complexity index is 1300. The van der Waals surface area contributed by atoms with Crippen molar-refractivity contribution in [2.75, 3.05) is 0 Å². The van der Waals surface area contributed by atoms with E-state index in [1.54, 1.807) is 31.2 Å². The van der Waals surface area contributed by atoms with Crippen LogP contribution < -0.4 is 11.3 Å². The van der Waals surface area contributed by atoms with Gasteiger partial charge in [0.05, 0.1) is 17.1 Å². The SMILES string of the molecule is Cc1ccc(-c2csc(-n3[nH]c(C)c(N=Nc4ccc(C(N)=O)cc4)c3=O)n2)cc1. The number of carbonyl (C=O) groups excluding carboxylic acids is 1. The smallest absolute Gasteiger partial charge is 0.301 e. The molecule has 0 atom stereocenters. The zero-order chi connectivity index (χ0) is 21.3. The van der Waals surface area contributed by atoms with Crippen LogP contribution in [0.25, 0.3) is 16.4 Å². The number of H-pyrrole nitrogens is 1. The summed E-state index contributed by atoms with van der Waals surface area (Å²) < 4.78 is 1.36. The van der Waals surface area contributed by atoms with Crippen molar-refractivity contribution in [3.8, 4) is 16.4 Å². The summed E-state index contributed by atoms with van der Waals surface area (Å²) in [6, 6.07) is 14.4. The minimum absolute atomic E-state index is 0.195. The van der Waals surface area contributed by atoms with Crippen molar-refractivity contribution in [3.63, 3.8) is 0 Å². The maximum atomic E-state index is 12.8. The molecule has 8 nitrogen and oxygen atoms in total. The van der Waals surface area contributed by atoms with Crippen molar-refractivity contribution >= 4 is 28.6 Å². The summed E-state index contributed by atoms with van der Waals surface area (Å²) in [4.78, 5) is 28.5. The number of nitrogens with two attached hydrogens (primary N) is 1. The highest BCUT2D eigenvalue weighted by atomic mass is 32.1. The summed E-state index contributed by atoms with van der Waals surface area (Å²) in [5.41, 5.74) is 9.49. The molecule has 0 radical (unpaired) electrons. The largest absolute Gasteiger partial charge is 0.366 e. The highest BCUT2D eigenvalue weighted by Crippen LogP contribution is 2.25. The van der Waals surface area contributed by atoms with Gasteiger partial charge in [-0.1, -0.05) is 29.8 Å². The van der Waals surface area contributed by atoms with Gasteiger partial charge in [0.25, 0.3) is 0 Å². The third-order valence-corrected chi connectivity index (χ3v) is 5.31. The predicted molar refractivity (Wildman–Crippen MR) is 116 cm³/mol. The molecule has 3 N–H and O–H groups in total. The fourth-order valence-corrected chi connectivity index (χ4v) is 3.61. The van der Waals surface area contributed by atoms with Gasteiger partial charge >= 0.3 is 5.56 Å². The topological polar surface area (TPSA) is 118 Å². The van der Waals surface area contributed by atoms with Gasteiger partial charge in [-0.15, -0.1) is 16.5 Å². The molecule has 0 fully saturated rings. The van der Waals surface area contributed by atoms with E-state index in [1.807, 2.05) is 36.6 Å². The van der Waals surface area contributed by atoms with E-state index in [-0.39, 0.29) is 11.2 Å². The molecular formula is C21H18N6O2S. The molecule has 2 aromatic heterocycles. The average Bonchev–Trinajstić information content (AvgIpc) is 3.32. The van der Waals surface area contributed by atoms with Gasteiger partial charge in [0.1, 0.15) is 0 Å². The van der Waals surface area contributed by atoms with Crippen LogP contribution in [0, 0.1) is 13.8 Å². The van der Waals surface area contributed by atoms with E-state index in [9.17, 15) is 9.59 Å². The molecule has 2 aromatic carbocycles. The Labute approximate surface area is 175 Å². The predicted octanol–water partition coefficient (Wildman–Crippen LogP) is 4.42. The Morgan fingerprint density at radius 1 is 1.07 bits per heavy atom. The quantitative estimate of drug-likeness (QED) is 0.467. The molecule has 0 spiro atoms. The molecule has 150 valence electrons. The number of carbonyl (C=O) groups is 1. The third kappa shape index (κ3) is 3.83. The summed E-state index contributed by atoms with van der Waals surface area (Å²) >= 11 is 1.36. The Balaban J connectivity index is 1.62. The van der Waals surface area contributed by atoms with Crippen molar-refractivity contribution in [1.82, 2.24) is 14.8 Å². The van der Waals surface area contributed by atoms with E-state index in [1.165, 1.54) is 21.6 Å². The maximum Gasteiger partial charge on any atom is 0.301 e. The number of azo groups is 1. The lowest BCUT2D eigenvalue weighted by Crippen LogP contribution is -2.13. The number of aromatic amines is 1. The monoisotopic (exact) mass is 418 g/mol. The number of nitrogens with one attached hydrogen (secondary N) is 1. The highest BCUT2D eigenvalue weighted by Gasteiger charge is 2.15. The van der Waals surface area contributed by atoms with Crippen molar-refractivity contribution in [3.05, 3.63) is 81.1 Å². The first-order chi connectivity index (χ1) is 14.4. The normalized spacial score (nSPS) is 11.3. The lowest BCUT2D eigenvalue weighted by molar-refractivity contribution is 0.100. The van der Waals surface area contributed by atoms with Crippen molar-refractivity contribution in [2.24, 2.45) is 16.0 Å². The molecule has 4 rings (SSSR count). The van der Waals surface area contributed by atoms with E-state index in [2.05, 4.69) is 20.3 Å². The number of nitrogens with zero attached hydrogens (tertiary/aromatic N) is 4. The average molecular weight is 418 g/mol. The fraction of sp³-hybridized carbons (Fsp3) is 0.0952. The molecule has 9 heteroatoms. The van der Waals surface area contributed by atoms with Crippen molar-refractivity contribution in [1.29, 1.82) is 0 Å². The molecule has 0 saturated heterocycles. The van der Waals surface area contributed by atoms with Gasteiger partial charge in [-0.3, -0.25) is 14.7 Å². The fourth-order valence-electron chi connectivity index (χ4n) is 2.81. The number of benzene rings is 2. The number of amides is 1. The molecule has 0 unspecified atom stereocenters. The second-order valence-electron chi connectivity index (χ2n) is 6.72. The van der Waals surface area contributed by atoms with Crippen LogP contribution in [0.15, 0.2) is 68.9 Å². The van der Waals surface area contributed by atoms with Crippen LogP contribution in [0.4, 0.5) is 11.4 Å². The number of primary amides is 1. The molecule has 4 aromatic rings. The minimum Gasteiger partial charge on any atom is -0.366 e. The van der Waals surface area contributed by atoms with E-state index in [4.69, 9.17) is 5.73 Å². The Hall–Kier alpha value is -3.85. The zero-order valence-corrected chi connectivity index (χ0v) is 17.1. The van der Waals surface area contributed by atoms with Crippen molar-refractivity contribution in [2.45, 2.75) is 13.8 Å². The Morgan fingerprint density at radius 3 is 2.43 bits per heavy atom. The third-order valence-electron chi connectivity index (χ3n) is 4.49. The first-order valence-electron chi connectivity index (χ1n) is 9.08. The Kier molecular flexibility index (Phi) is 5.11. The van der Waals surface area contributed by atoms with Gasteiger partial charge in [0, 0.05) is 16.5 Å². The van der Waals surface area contributed by atoms with Gasteiger partial charge in [-0.25, -0.2) is 4.98 Å². The summed E-state index contributed by atoms with van der Waals surface area (Å²) in [6.45, 7) is 3.77. The summed E-state index contributed by atoms with van der Waals surface area (Å²) in [5.74, 6) is -0.517. The molecule has 0 aliphatic carbocycles. The number of hydrogen-bond donors (Lipinski definition) is 2. The van der Waals surface area contributed by atoms with Crippen LogP contribution >= 0.6 is 11.3 Å². The number of aromatic nitrogens is 3. The number of rotatable bonds is 5. The first-order valence-corrected chi connectivity index (χ1v) is 9.96. The van der Waals surface area contributed by atoms with E-state index in [0.717, 1.165) is 11.3 Å². The molecule has 0 aliphatic rings. The molecule has 2 heterocycles. The van der Waals surface area contributed by atoms with E-state index in [0.29, 0.717) is 22.1 Å². The van der Waals surface area contributed by atoms with Crippen LogP contribution in [0.2, 0.25) is 0 Å². The first kappa shape index (κ1) is 19.5. The van der Waals surface area contributed by atoms with Crippen molar-refractivity contribution < 1.29 is 4.79 Å². The number of aryl methyl sites for hydroxylation is 2. The van der Waals surface area contributed by atoms with E-state index >= 15 is 0 Å². The molecule has 0 saturated carbocycles. The lowest BCUT2D eigenvalue weighted by atomic mass is 10.1. The highest BCUT2D eigenvalue weighted by molar-refractivity contribution is 7.12. The van der Waals surface area contributed by atoms with Crippen LogP contribution in [0.1, 0.15) is 21.6 Å². The molecule has 0 aliphatic heterocycles. The zero-order valence-electron chi connectivity index (χ0n) is 16.3. The van der Waals surface area contributed by atoms with Crippen LogP contribution in [0.3, 0.4) is 0 Å². The molecule has 30 heavy (non-hydrogen) atoms. The molecular weight excluding hydrogens is 400 g/mol. The van der Waals surface area contributed by atoms with Gasteiger partial charge in [-0.2, -0.15) is 9.80 Å². The van der Waals surface area contributed by atoms with Crippen LogP contribution in [-0.4, -0.2) is 20.7 Å². The summed E-state index contributed by atoms with van der Waals surface area (Å²) in [5, 5.41) is 13.6. The maximum absolute atomic E-state index is 12.8. The second kappa shape index (κ2) is 7.88. The Morgan fingerprint density at radius 2 is 1.77 bits per heavy atom. The molecule has 0 bridgehead atoms. The number of thiazole rings is 1. The summed E-state index contributed by atoms with van der Waals surface area (Å²) in [7, 11) is 0.